The van der Waals surface area contributed by atoms with Gasteiger partial charge < -0.3 is 15.4 Å². The van der Waals surface area contributed by atoms with Gasteiger partial charge in [0.1, 0.15) is 6.54 Å². The number of ether oxygens (including phenoxy) is 1. The van der Waals surface area contributed by atoms with Gasteiger partial charge in [0.25, 0.3) is 0 Å². The van der Waals surface area contributed by atoms with Crippen molar-refractivity contribution in [2.24, 2.45) is 0 Å². The van der Waals surface area contributed by atoms with E-state index in [0.29, 0.717) is 15.7 Å². The summed E-state index contributed by atoms with van der Waals surface area (Å²) in [7, 11) is 0. The first-order chi connectivity index (χ1) is 8.52. The number of hydrogen-bond donors (Lipinski definition) is 2. The Bertz CT molecular complexity index is 452. The summed E-state index contributed by atoms with van der Waals surface area (Å²) < 4.78 is 4.66. The van der Waals surface area contributed by atoms with Crippen LogP contribution in [0, 0.1) is 0 Å². The van der Waals surface area contributed by atoms with Crippen LogP contribution in [0.2, 0.25) is 10.0 Å². The first-order valence-corrected chi connectivity index (χ1v) is 5.94. The van der Waals surface area contributed by atoms with E-state index in [-0.39, 0.29) is 13.2 Å². The number of rotatable bonds is 4. The molecule has 7 heteroatoms. The van der Waals surface area contributed by atoms with Crippen LogP contribution in [0.25, 0.3) is 0 Å². The van der Waals surface area contributed by atoms with Crippen molar-refractivity contribution in [1.82, 2.24) is 5.32 Å². The van der Waals surface area contributed by atoms with E-state index in [1.807, 2.05) is 0 Å². The highest BCUT2D eigenvalue weighted by atomic mass is 35.5. The molecule has 0 aliphatic carbocycles. The van der Waals surface area contributed by atoms with Gasteiger partial charge in [0.05, 0.1) is 17.3 Å². The molecule has 0 aliphatic rings. The maximum Gasteiger partial charge on any atom is 0.325 e. The largest absolute Gasteiger partial charge is 0.465 e. The van der Waals surface area contributed by atoms with Gasteiger partial charge in [-0.25, -0.2) is 4.79 Å². The van der Waals surface area contributed by atoms with E-state index in [9.17, 15) is 9.59 Å². The molecule has 1 aromatic rings. The number of carbonyl (C=O) groups excluding carboxylic acids is 2. The third kappa shape index (κ3) is 4.81. The predicted octanol–water partition coefficient (Wildman–Crippen LogP) is 2.68. The third-order valence-electron chi connectivity index (χ3n) is 1.88. The second-order valence-electron chi connectivity index (χ2n) is 3.24. The average Bonchev–Trinajstić information content (AvgIpc) is 2.31. The number of halogens is 2. The summed E-state index contributed by atoms with van der Waals surface area (Å²) >= 11 is 11.6. The molecule has 0 heterocycles. The van der Waals surface area contributed by atoms with Crippen molar-refractivity contribution in [2.45, 2.75) is 6.92 Å². The Hall–Kier alpha value is -1.46. The average molecular weight is 291 g/mol. The van der Waals surface area contributed by atoms with Gasteiger partial charge in [-0.05, 0) is 25.1 Å². The zero-order chi connectivity index (χ0) is 13.5. The lowest BCUT2D eigenvalue weighted by molar-refractivity contribution is -0.141. The maximum absolute atomic E-state index is 11.4. The second kappa shape index (κ2) is 7.08. The van der Waals surface area contributed by atoms with Crippen LogP contribution in [0.1, 0.15) is 6.92 Å². The summed E-state index contributed by atoms with van der Waals surface area (Å²) in [5.74, 6) is -0.505. The van der Waals surface area contributed by atoms with Gasteiger partial charge in [0.2, 0.25) is 0 Å². The SMILES string of the molecule is CCOC(=O)CNC(=O)Nc1ccc(Cl)cc1Cl. The third-order valence-corrected chi connectivity index (χ3v) is 2.43. The fourth-order valence-corrected chi connectivity index (χ4v) is 1.58. The lowest BCUT2D eigenvalue weighted by Gasteiger charge is -2.08. The van der Waals surface area contributed by atoms with Crippen molar-refractivity contribution >= 4 is 40.9 Å². The highest BCUT2D eigenvalue weighted by Crippen LogP contribution is 2.25. The number of amides is 2. The molecule has 18 heavy (non-hydrogen) atoms. The second-order valence-corrected chi connectivity index (χ2v) is 4.08. The molecule has 2 N–H and O–H groups in total. The van der Waals surface area contributed by atoms with Crippen LogP contribution in [0.5, 0.6) is 0 Å². The van der Waals surface area contributed by atoms with E-state index in [1.165, 1.54) is 6.07 Å². The van der Waals surface area contributed by atoms with Crippen LogP contribution < -0.4 is 10.6 Å². The zero-order valence-corrected chi connectivity index (χ0v) is 11.1. The van der Waals surface area contributed by atoms with E-state index < -0.39 is 12.0 Å². The Kier molecular flexibility index (Phi) is 5.74. The summed E-state index contributed by atoms with van der Waals surface area (Å²) in [5, 5.41) is 5.61. The molecule has 1 aromatic carbocycles. The first kappa shape index (κ1) is 14.6. The normalized spacial score (nSPS) is 9.72. The summed E-state index contributed by atoms with van der Waals surface area (Å²) in [6, 6.07) is 4.11. The lowest BCUT2D eigenvalue weighted by Crippen LogP contribution is -2.34. The van der Waals surface area contributed by atoms with Crippen LogP contribution in [0.15, 0.2) is 18.2 Å². The van der Waals surface area contributed by atoms with Crippen LogP contribution in [0.4, 0.5) is 10.5 Å². The molecular weight excluding hydrogens is 279 g/mol. The highest BCUT2D eigenvalue weighted by molar-refractivity contribution is 6.36. The van der Waals surface area contributed by atoms with E-state index >= 15 is 0 Å². The smallest absolute Gasteiger partial charge is 0.325 e. The van der Waals surface area contributed by atoms with Gasteiger partial charge >= 0.3 is 12.0 Å². The fraction of sp³-hybridized carbons (Fsp3) is 0.273. The highest BCUT2D eigenvalue weighted by Gasteiger charge is 2.08. The summed E-state index contributed by atoms with van der Waals surface area (Å²) in [4.78, 5) is 22.4. The van der Waals surface area contributed by atoms with E-state index in [2.05, 4.69) is 15.4 Å². The molecule has 0 unspecified atom stereocenters. The summed E-state index contributed by atoms with van der Waals surface area (Å²) in [5.41, 5.74) is 0.405. The summed E-state index contributed by atoms with van der Waals surface area (Å²) in [6.45, 7) is 1.75. The Morgan fingerprint density at radius 2 is 2.06 bits per heavy atom. The molecule has 2 amide bonds. The van der Waals surface area contributed by atoms with E-state index in [0.717, 1.165) is 0 Å². The summed E-state index contributed by atoms with van der Waals surface area (Å²) in [6.07, 6.45) is 0. The number of hydrogen-bond acceptors (Lipinski definition) is 3. The molecule has 0 saturated heterocycles. The van der Waals surface area contributed by atoms with Gasteiger partial charge in [-0.2, -0.15) is 0 Å². The molecule has 0 aromatic heterocycles. The topological polar surface area (TPSA) is 67.4 Å². The molecule has 0 fully saturated rings. The van der Waals surface area contributed by atoms with E-state index in [1.54, 1.807) is 19.1 Å². The molecule has 0 bridgehead atoms. The minimum absolute atomic E-state index is 0.203. The standard InChI is InChI=1S/C11H12Cl2N2O3/c1-2-18-10(16)6-14-11(17)15-9-4-3-7(12)5-8(9)13/h3-5H,2,6H2,1H3,(H2,14,15,17). The molecule has 0 aliphatic heterocycles. The molecule has 1 rings (SSSR count). The number of esters is 1. The molecule has 0 radical (unpaired) electrons. The number of anilines is 1. The Balaban J connectivity index is 2.47. The van der Waals surface area contributed by atoms with Crippen LogP contribution in [-0.2, 0) is 9.53 Å². The number of benzene rings is 1. The molecule has 0 spiro atoms. The molecule has 98 valence electrons. The number of nitrogens with one attached hydrogen (secondary N) is 2. The Morgan fingerprint density at radius 3 is 2.67 bits per heavy atom. The van der Waals surface area contributed by atoms with E-state index in [4.69, 9.17) is 23.2 Å². The van der Waals surface area contributed by atoms with Crippen molar-refractivity contribution < 1.29 is 14.3 Å². The van der Waals surface area contributed by atoms with Gasteiger partial charge in [0.15, 0.2) is 0 Å². The van der Waals surface area contributed by atoms with Crippen molar-refractivity contribution in [3.8, 4) is 0 Å². The zero-order valence-electron chi connectivity index (χ0n) is 9.63. The van der Waals surface area contributed by atoms with Crippen LogP contribution in [-0.4, -0.2) is 25.2 Å². The van der Waals surface area contributed by atoms with Crippen molar-refractivity contribution in [2.75, 3.05) is 18.5 Å². The van der Waals surface area contributed by atoms with Crippen molar-refractivity contribution in [1.29, 1.82) is 0 Å². The quantitative estimate of drug-likeness (QED) is 0.838. The van der Waals surface area contributed by atoms with Gasteiger partial charge in [0, 0.05) is 5.02 Å². The maximum atomic E-state index is 11.4. The minimum Gasteiger partial charge on any atom is -0.465 e. The van der Waals surface area contributed by atoms with Crippen LogP contribution in [0.3, 0.4) is 0 Å². The monoisotopic (exact) mass is 290 g/mol. The predicted molar refractivity (Wildman–Crippen MR) is 70.1 cm³/mol. The fourth-order valence-electron chi connectivity index (χ4n) is 1.12. The van der Waals surface area contributed by atoms with Crippen molar-refractivity contribution in [3.05, 3.63) is 28.2 Å². The van der Waals surface area contributed by atoms with Gasteiger partial charge in [-0.15, -0.1) is 0 Å². The van der Waals surface area contributed by atoms with Crippen molar-refractivity contribution in [3.63, 3.8) is 0 Å². The van der Waals surface area contributed by atoms with Gasteiger partial charge in [-0.1, -0.05) is 23.2 Å². The number of urea groups is 1. The molecule has 0 saturated carbocycles. The van der Waals surface area contributed by atoms with Gasteiger partial charge in [-0.3, -0.25) is 4.79 Å². The van der Waals surface area contributed by atoms with Crippen LogP contribution >= 0.6 is 23.2 Å². The molecular formula is C11H12Cl2N2O3. The first-order valence-electron chi connectivity index (χ1n) is 5.18. The Morgan fingerprint density at radius 1 is 1.33 bits per heavy atom. The lowest BCUT2D eigenvalue weighted by atomic mass is 10.3. The minimum atomic E-state index is -0.549. The molecule has 5 nitrogen and oxygen atoms in total. The Labute approximate surface area is 114 Å². The molecule has 0 atom stereocenters. The number of carbonyl (C=O) groups is 2.